The van der Waals surface area contributed by atoms with Crippen molar-refractivity contribution >= 4 is 24.2 Å². The Morgan fingerprint density at radius 3 is 2.52 bits per heavy atom. The molecule has 152 valence electrons. The van der Waals surface area contributed by atoms with Crippen molar-refractivity contribution in [2.45, 2.75) is 77.4 Å². The summed E-state index contributed by atoms with van der Waals surface area (Å²) in [4.78, 5) is 12.8. The lowest BCUT2D eigenvalue weighted by atomic mass is 9.73. The van der Waals surface area contributed by atoms with Crippen molar-refractivity contribution in [3.8, 4) is 5.75 Å². The van der Waals surface area contributed by atoms with Gasteiger partial charge in [-0.3, -0.25) is 4.79 Å². The van der Waals surface area contributed by atoms with Crippen molar-refractivity contribution in [1.82, 2.24) is 4.57 Å². The minimum Gasteiger partial charge on any atom is -0.491 e. The second kappa shape index (κ2) is 6.71. The highest BCUT2D eigenvalue weighted by Gasteiger charge is 2.55. The molecule has 0 aromatic carbocycles. The van der Waals surface area contributed by atoms with Crippen molar-refractivity contribution in [3.63, 3.8) is 0 Å². The number of nitrogens with zero attached hydrogens (tertiary/aromatic N) is 1. The highest BCUT2D eigenvalue weighted by molar-refractivity contribution is 9.10. The first-order valence-corrected chi connectivity index (χ1v) is 13.3. The summed E-state index contributed by atoms with van der Waals surface area (Å²) in [6.45, 7) is 16.3. The molecule has 5 nitrogen and oxygen atoms in total. The van der Waals surface area contributed by atoms with Crippen molar-refractivity contribution in [2.75, 3.05) is 13.7 Å². The average molecular weight is 458 g/mol. The van der Waals surface area contributed by atoms with E-state index < -0.39 is 8.32 Å². The molecule has 2 aliphatic heterocycles. The number of pyridine rings is 1. The Bertz CT molecular complexity index is 796. The van der Waals surface area contributed by atoms with E-state index in [9.17, 15) is 4.79 Å². The quantitative estimate of drug-likeness (QED) is 0.595. The van der Waals surface area contributed by atoms with E-state index in [1.54, 1.807) is 7.11 Å². The van der Waals surface area contributed by atoms with Crippen molar-refractivity contribution < 1.29 is 13.9 Å². The molecule has 1 aromatic rings. The Kier molecular flexibility index (Phi) is 5.24. The lowest BCUT2D eigenvalue weighted by Crippen LogP contribution is -2.52. The van der Waals surface area contributed by atoms with Crippen molar-refractivity contribution in [1.29, 1.82) is 0 Å². The fourth-order valence-corrected chi connectivity index (χ4v) is 5.83. The van der Waals surface area contributed by atoms with E-state index >= 15 is 0 Å². The Labute approximate surface area is 171 Å². The van der Waals surface area contributed by atoms with E-state index in [4.69, 9.17) is 13.9 Å². The molecule has 0 amide bonds. The summed E-state index contributed by atoms with van der Waals surface area (Å²) < 4.78 is 21.4. The fraction of sp³-hybridized carbons (Fsp3) is 0.750. The van der Waals surface area contributed by atoms with Crippen LogP contribution in [0.15, 0.2) is 15.5 Å². The van der Waals surface area contributed by atoms with Gasteiger partial charge < -0.3 is 18.5 Å². The Hall–Kier alpha value is -0.633. The summed E-state index contributed by atoms with van der Waals surface area (Å²) in [6.07, 6.45) is 2.59. The molecule has 1 aromatic heterocycles. The van der Waals surface area contributed by atoms with Crippen LogP contribution < -0.4 is 10.2 Å². The van der Waals surface area contributed by atoms with Crippen LogP contribution >= 0.6 is 15.9 Å². The maximum Gasteiger partial charge on any atom is 0.237 e. The van der Waals surface area contributed by atoms with Gasteiger partial charge in [0.15, 0.2) is 14.1 Å². The summed E-state index contributed by atoms with van der Waals surface area (Å²) in [5.41, 5.74) is 0.456. The second-order valence-electron chi connectivity index (χ2n) is 9.86. The number of methoxy groups -OCH3 is 1. The van der Waals surface area contributed by atoms with Gasteiger partial charge in [-0.1, -0.05) is 34.6 Å². The van der Waals surface area contributed by atoms with Gasteiger partial charge in [0, 0.05) is 18.2 Å². The Balaban J connectivity index is 2.26. The molecule has 0 radical (unpaired) electrons. The molecule has 1 saturated heterocycles. The van der Waals surface area contributed by atoms with Crippen LogP contribution in [0.5, 0.6) is 5.75 Å². The molecule has 3 atom stereocenters. The molecule has 0 saturated carbocycles. The van der Waals surface area contributed by atoms with Crippen LogP contribution in [0.4, 0.5) is 0 Å². The summed E-state index contributed by atoms with van der Waals surface area (Å²) in [6, 6.07) is 0.181. The number of fused-ring (bicyclic) bond motifs is 3. The van der Waals surface area contributed by atoms with Crippen molar-refractivity contribution in [3.05, 3.63) is 26.6 Å². The molecule has 2 aliphatic rings. The zero-order valence-corrected chi connectivity index (χ0v) is 20.3. The van der Waals surface area contributed by atoms with E-state index in [0.717, 1.165) is 18.7 Å². The van der Waals surface area contributed by atoms with Crippen LogP contribution in [0.25, 0.3) is 0 Å². The van der Waals surface area contributed by atoms with E-state index in [-0.39, 0.29) is 34.1 Å². The van der Waals surface area contributed by atoms with Gasteiger partial charge in [0.2, 0.25) is 5.43 Å². The Morgan fingerprint density at radius 2 is 1.96 bits per heavy atom. The molecular weight excluding hydrogens is 426 g/mol. The van der Waals surface area contributed by atoms with E-state index in [0.29, 0.717) is 10.2 Å². The van der Waals surface area contributed by atoms with E-state index in [2.05, 4.69) is 68.2 Å². The molecule has 3 heterocycles. The number of ether oxygens (including phenoxy) is 2. The van der Waals surface area contributed by atoms with E-state index in [1.165, 1.54) is 0 Å². The molecule has 3 rings (SSSR count). The maximum absolute atomic E-state index is 12.8. The maximum atomic E-state index is 12.8. The normalized spacial score (nSPS) is 27.2. The van der Waals surface area contributed by atoms with Crippen LogP contribution in [-0.4, -0.2) is 32.7 Å². The van der Waals surface area contributed by atoms with Gasteiger partial charge in [-0.15, -0.1) is 0 Å². The molecule has 1 fully saturated rings. The topological polar surface area (TPSA) is 49.7 Å². The number of hydrogen-bond donors (Lipinski definition) is 0. The van der Waals surface area contributed by atoms with Crippen LogP contribution in [-0.2, 0) is 9.16 Å². The van der Waals surface area contributed by atoms with Crippen LogP contribution in [0.1, 0.15) is 58.9 Å². The summed E-state index contributed by atoms with van der Waals surface area (Å²) in [5, 5.41) is 0.0597. The smallest absolute Gasteiger partial charge is 0.237 e. The van der Waals surface area contributed by atoms with Gasteiger partial charge in [0.1, 0.15) is 0 Å². The highest BCUT2D eigenvalue weighted by atomic mass is 79.9. The zero-order valence-electron chi connectivity index (χ0n) is 17.7. The first kappa shape index (κ1) is 21.1. The van der Waals surface area contributed by atoms with Gasteiger partial charge in [0.25, 0.3) is 0 Å². The molecule has 27 heavy (non-hydrogen) atoms. The number of hydrogen-bond acceptors (Lipinski definition) is 4. The SMILES string of the molecule is COc1c2n(cc(Br)c1=O)[C@@H]1CCO[C@@H]1C(C)(C)C2O[Si](C)(C)C(C)(C)C. The third kappa shape index (κ3) is 3.24. The minimum absolute atomic E-state index is 0.0406. The van der Waals surface area contributed by atoms with Gasteiger partial charge in [-0.05, 0) is 40.5 Å². The molecule has 0 spiro atoms. The number of rotatable bonds is 3. The molecule has 0 bridgehead atoms. The highest BCUT2D eigenvalue weighted by Crippen LogP contribution is 2.56. The Morgan fingerprint density at radius 1 is 1.33 bits per heavy atom. The van der Waals surface area contributed by atoms with E-state index in [1.807, 2.05) is 6.20 Å². The lowest BCUT2D eigenvalue weighted by Gasteiger charge is -2.51. The largest absolute Gasteiger partial charge is 0.491 e. The van der Waals surface area contributed by atoms with Gasteiger partial charge in [-0.25, -0.2) is 0 Å². The molecular formula is C20H32BrNO4Si. The standard InChI is InChI=1S/C20H32BrNO4Si/c1-19(2,3)27(7,8)26-18-14-16(24-6)15(23)12(21)11-22(14)13-9-10-25-17(13)20(18,4)5/h11,13,17-18H,9-10H2,1-8H3/t13-,17+,18?/m1/s1. The minimum atomic E-state index is -2.10. The van der Waals surface area contributed by atoms with Crippen molar-refractivity contribution in [2.24, 2.45) is 5.41 Å². The first-order valence-electron chi connectivity index (χ1n) is 9.61. The molecule has 0 N–H and O–H groups in total. The number of halogens is 1. The first-order chi connectivity index (χ1) is 12.3. The van der Waals surface area contributed by atoms with Crippen LogP contribution in [0.3, 0.4) is 0 Å². The lowest BCUT2D eigenvalue weighted by molar-refractivity contribution is -0.0883. The zero-order chi connectivity index (χ0) is 20.4. The summed E-state index contributed by atoms with van der Waals surface area (Å²) in [5.74, 6) is 0.381. The molecule has 0 aliphatic carbocycles. The predicted molar refractivity (Wildman–Crippen MR) is 113 cm³/mol. The second-order valence-corrected chi connectivity index (χ2v) is 15.5. The van der Waals surface area contributed by atoms with Gasteiger partial charge in [0.05, 0.1) is 35.5 Å². The monoisotopic (exact) mass is 457 g/mol. The third-order valence-corrected chi connectivity index (χ3v) is 11.7. The summed E-state index contributed by atoms with van der Waals surface area (Å²) in [7, 11) is -0.531. The van der Waals surface area contributed by atoms with Crippen LogP contribution in [0, 0.1) is 5.41 Å². The third-order valence-electron chi connectivity index (χ3n) is 6.68. The van der Waals surface area contributed by atoms with Gasteiger partial charge >= 0.3 is 0 Å². The molecule has 7 heteroatoms. The van der Waals surface area contributed by atoms with Crippen LogP contribution in [0.2, 0.25) is 18.1 Å². The number of aromatic nitrogens is 1. The average Bonchev–Trinajstić information content (AvgIpc) is 3.03. The summed E-state index contributed by atoms with van der Waals surface area (Å²) >= 11 is 3.42. The van der Waals surface area contributed by atoms with Gasteiger partial charge in [-0.2, -0.15) is 0 Å². The molecule has 1 unspecified atom stereocenters. The fourth-order valence-electron chi connectivity index (χ4n) is 4.07. The predicted octanol–water partition coefficient (Wildman–Crippen LogP) is 5.05.